The van der Waals surface area contributed by atoms with E-state index in [-0.39, 0.29) is 6.04 Å². The van der Waals surface area contributed by atoms with Crippen LogP contribution in [0.3, 0.4) is 0 Å². The number of hydrogen-bond acceptors (Lipinski definition) is 3. The third-order valence-electron chi connectivity index (χ3n) is 4.32. The molecule has 2 aromatic rings. The number of rotatable bonds is 8. The van der Waals surface area contributed by atoms with Crippen molar-refractivity contribution in [1.29, 1.82) is 0 Å². The van der Waals surface area contributed by atoms with Gasteiger partial charge in [0.1, 0.15) is 11.3 Å². The Labute approximate surface area is 128 Å². The van der Waals surface area contributed by atoms with E-state index in [9.17, 15) is 0 Å². The number of hydrogen-bond donors (Lipinski definition) is 1. The molecule has 0 fully saturated rings. The van der Waals surface area contributed by atoms with Gasteiger partial charge in [0.15, 0.2) is 0 Å². The highest BCUT2D eigenvalue weighted by atomic mass is 16.3. The Morgan fingerprint density at radius 2 is 2.00 bits per heavy atom. The molecule has 0 amide bonds. The third kappa shape index (κ3) is 3.66. The van der Waals surface area contributed by atoms with Crippen LogP contribution in [0.5, 0.6) is 0 Å². The minimum atomic E-state index is 0.166. The molecule has 2 atom stereocenters. The van der Waals surface area contributed by atoms with Gasteiger partial charge < -0.3 is 10.2 Å². The van der Waals surface area contributed by atoms with Gasteiger partial charge in [-0.1, -0.05) is 38.5 Å². The van der Waals surface area contributed by atoms with Gasteiger partial charge in [0.2, 0.25) is 0 Å². The molecule has 2 rings (SSSR count). The lowest BCUT2D eigenvalue weighted by Gasteiger charge is -2.34. The molecule has 0 saturated carbocycles. The quantitative estimate of drug-likeness (QED) is 0.786. The number of para-hydroxylation sites is 1. The van der Waals surface area contributed by atoms with Crippen LogP contribution in [0, 0.1) is 0 Å². The minimum absolute atomic E-state index is 0.166. The molecule has 3 nitrogen and oxygen atoms in total. The first kappa shape index (κ1) is 16.1. The number of nitrogens with zero attached hydrogens (tertiary/aromatic N) is 1. The predicted octanol–water partition coefficient (Wildman–Crippen LogP) is 4.33. The van der Waals surface area contributed by atoms with E-state index in [4.69, 9.17) is 10.2 Å². The van der Waals surface area contributed by atoms with E-state index in [0.29, 0.717) is 12.6 Å². The summed E-state index contributed by atoms with van der Waals surface area (Å²) < 4.78 is 6.06. The first-order valence-corrected chi connectivity index (χ1v) is 8.15. The number of benzene rings is 1. The topological polar surface area (TPSA) is 42.4 Å². The first-order valence-electron chi connectivity index (χ1n) is 8.15. The second-order valence-electron chi connectivity index (χ2n) is 5.79. The molecule has 21 heavy (non-hydrogen) atoms. The minimum Gasteiger partial charge on any atom is -0.459 e. The van der Waals surface area contributed by atoms with Crippen molar-refractivity contribution < 1.29 is 4.42 Å². The van der Waals surface area contributed by atoms with Crippen LogP contribution >= 0.6 is 0 Å². The maximum absolute atomic E-state index is 6.09. The van der Waals surface area contributed by atoms with Crippen LogP contribution in [-0.4, -0.2) is 24.0 Å². The number of fused-ring (bicyclic) bond motifs is 1. The lowest BCUT2D eigenvalue weighted by Crippen LogP contribution is -2.40. The zero-order valence-electron chi connectivity index (χ0n) is 13.5. The van der Waals surface area contributed by atoms with E-state index >= 15 is 0 Å². The third-order valence-corrected chi connectivity index (χ3v) is 4.32. The summed E-state index contributed by atoms with van der Waals surface area (Å²) in [5, 5.41) is 1.16. The monoisotopic (exact) mass is 288 g/mol. The number of unbranched alkanes of at least 4 members (excludes halogenated alkanes) is 1. The molecule has 2 unspecified atom stereocenters. The van der Waals surface area contributed by atoms with E-state index < -0.39 is 0 Å². The zero-order valence-corrected chi connectivity index (χ0v) is 13.5. The van der Waals surface area contributed by atoms with Gasteiger partial charge in [-0.2, -0.15) is 0 Å². The van der Waals surface area contributed by atoms with Gasteiger partial charge in [0.05, 0.1) is 6.04 Å². The summed E-state index contributed by atoms with van der Waals surface area (Å²) >= 11 is 0. The highest BCUT2D eigenvalue weighted by Gasteiger charge is 2.25. The van der Waals surface area contributed by atoms with Crippen LogP contribution < -0.4 is 5.73 Å². The van der Waals surface area contributed by atoms with Crippen molar-refractivity contribution in [3.8, 4) is 0 Å². The van der Waals surface area contributed by atoms with Gasteiger partial charge in [-0.25, -0.2) is 0 Å². The molecule has 0 aliphatic heterocycles. The molecule has 0 aliphatic rings. The van der Waals surface area contributed by atoms with Gasteiger partial charge in [0.25, 0.3) is 0 Å². The van der Waals surface area contributed by atoms with E-state index in [0.717, 1.165) is 29.7 Å². The first-order chi connectivity index (χ1) is 10.2. The van der Waals surface area contributed by atoms with Crippen molar-refractivity contribution in [3.63, 3.8) is 0 Å². The van der Waals surface area contributed by atoms with Crippen LogP contribution in [0.15, 0.2) is 34.7 Å². The van der Waals surface area contributed by atoms with Crippen molar-refractivity contribution in [1.82, 2.24) is 4.90 Å². The fourth-order valence-electron chi connectivity index (χ4n) is 2.84. The van der Waals surface area contributed by atoms with Crippen LogP contribution in [0.1, 0.15) is 51.8 Å². The highest BCUT2D eigenvalue weighted by molar-refractivity contribution is 5.77. The Balaban J connectivity index is 2.29. The smallest absolute Gasteiger partial charge is 0.134 e. The second kappa shape index (κ2) is 7.62. The van der Waals surface area contributed by atoms with E-state index in [1.807, 2.05) is 18.2 Å². The Morgan fingerprint density at radius 3 is 2.62 bits per heavy atom. The summed E-state index contributed by atoms with van der Waals surface area (Å²) in [7, 11) is 0. The van der Waals surface area contributed by atoms with Crippen LogP contribution in [0.4, 0.5) is 0 Å². The second-order valence-corrected chi connectivity index (χ2v) is 5.79. The summed E-state index contributed by atoms with van der Waals surface area (Å²) in [5.41, 5.74) is 7.04. The molecule has 2 N–H and O–H groups in total. The van der Waals surface area contributed by atoms with Gasteiger partial charge in [-0.3, -0.25) is 4.90 Å². The summed E-state index contributed by atoms with van der Waals surface area (Å²) in [4.78, 5) is 2.50. The van der Waals surface area contributed by atoms with Crippen molar-refractivity contribution in [2.24, 2.45) is 5.73 Å². The summed E-state index contributed by atoms with van der Waals surface area (Å²) in [6.07, 6.45) is 3.52. The Hall–Kier alpha value is -1.32. The molecule has 0 saturated heterocycles. The largest absolute Gasteiger partial charge is 0.459 e. The van der Waals surface area contributed by atoms with E-state index in [1.54, 1.807) is 0 Å². The number of nitrogens with two attached hydrogens (primary N) is 1. The average Bonchev–Trinajstić information content (AvgIpc) is 2.94. The maximum Gasteiger partial charge on any atom is 0.134 e. The Morgan fingerprint density at radius 1 is 1.24 bits per heavy atom. The molecule has 1 heterocycles. The van der Waals surface area contributed by atoms with Crippen LogP contribution in [0.25, 0.3) is 11.0 Å². The molecule has 0 aliphatic carbocycles. The summed E-state index contributed by atoms with van der Waals surface area (Å²) in [5.74, 6) is 0.995. The van der Waals surface area contributed by atoms with E-state index in [1.165, 1.54) is 12.8 Å². The van der Waals surface area contributed by atoms with Crippen molar-refractivity contribution in [3.05, 3.63) is 36.1 Å². The summed E-state index contributed by atoms with van der Waals surface area (Å²) in [6, 6.07) is 11.0. The molecule has 0 bridgehead atoms. The van der Waals surface area contributed by atoms with Crippen molar-refractivity contribution in [2.45, 2.75) is 52.1 Å². The maximum atomic E-state index is 6.09. The van der Waals surface area contributed by atoms with Gasteiger partial charge in [-0.15, -0.1) is 0 Å². The summed E-state index contributed by atoms with van der Waals surface area (Å²) in [6.45, 7) is 8.41. The molecule has 1 aromatic carbocycles. The normalized spacial score (nSPS) is 14.7. The van der Waals surface area contributed by atoms with Gasteiger partial charge >= 0.3 is 0 Å². The van der Waals surface area contributed by atoms with Gasteiger partial charge in [0, 0.05) is 18.0 Å². The molecule has 0 spiro atoms. The van der Waals surface area contributed by atoms with Crippen LogP contribution in [-0.2, 0) is 0 Å². The standard InChI is InChI=1S/C18H28N2O/c1-4-6-11-20(14(3)5-2)16(13-19)18-12-15-9-7-8-10-17(15)21-18/h7-10,12,14,16H,4-6,11,13,19H2,1-3H3. The Kier molecular flexibility index (Phi) is 5.83. The molecule has 1 aromatic heterocycles. The molecule has 116 valence electrons. The fourth-order valence-corrected chi connectivity index (χ4v) is 2.84. The lowest BCUT2D eigenvalue weighted by atomic mass is 10.1. The van der Waals surface area contributed by atoms with Crippen molar-refractivity contribution >= 4 is 11.0 Å². The fraction of sp³-hybridized carbons (Fsp3) is 0.556. The lowest BCUT2D eigenvalue weighted by molar-refractivity contribution is 0.126. The molecule has 0 radical (unpaired) electrons. The SMILES string of the molecule is CCCCN(C(C)CC)C(CN)c1cc2ccccc2o1. The highest BCUT2D eigenvalue weighted by Crippen LogP contribution is 2.29. The Bertz CT molecular complexity index is 516. The predicted molar refractivity (Wildman–Crippen MR) is 89.4 cm³/mol. The molecule has 3 heteroatoms. The van der Waals surface area contributed by atoms with E-state index in [2.05, 4.69) is 37.8 Å². The van der Waals surface area contributed by atoms with Crippen LogP contribution in [0.2, 0.25) is 0 Å². The zero-order chi connectivity index (χ0) is 15.2. The van der Waals surface area contributed by atoms with Crippen molar-refractivity contribution in [2.75, 3.05) is 13.1 Å². The average molecular weight is 288 g/mol. The number of furan rings is 1. The molecular weight excluding hydrogens is 260 g/mol. The molecular formula is C18H28N2O. The van der Waals surface area contributed by atoms with Gasteiger partial charge in [-0.05, 0) is 38.4 Å².